The van der Waals surface area contributed by atoms with Crippen LogP contribution in [0.3, 0.4) is 0 Å². The van der Waals surface area contributed by atoms with E-state index >= 15 is 0 Å². The van der Waals surface area contributed by atoms with Gasteiger partial charge in [0.2, 0.25) is 0 Å². The number of nitriles is 1. The van der Waals surface area contributed by atoms with Gasteiger partial charge >= 0.3 is 0 Å². The molecule has 0 aromatic heterocycles. The molecule has 0 aliphatic heterocycles. The average Bonchev–Trinajstić information content (AvgIpc) is 2.94. The van der Waals surface area contributed by atoms with E-state index in [1.54, 1.807) is 12.2 Å². The lowest BCUT2D eigenvalue weighted by molar-refractivity contribution is -0.116. The van der Waals surface area contributed by atoms with E-state index in [1.807, 2.05) is 19.1 Å². The summed E-state index contributed by atoms with van der Waals surface area (Å²) < 4.78 is 0. The van der Waals surface area contributed by atoms with E-state index in [0.717, 1.165) is 12.8 Å². The van der Waals surface area contributed by atoms with Gasteiger partial charge in [-0.25, -0.2) is 0 Å². The van der Waals surface area contributed by atoms with Crippen LogP contribution in [-0.4, -0.2) is 5.78 Å². The fraction of sp³-hybridized carbons (Fsp3) is 0.455. The molecule has 0 atom stereocenters. The molecule has 2 nitrogen and oxygen atoms in total. The summed E-state index contributed by atoms with van der Waals surface area (Å²) in [4.78, 5) is 11.6. The predicted octanol–water partition coefficient (Wildman–Crippen LogP) is 2.38. The summed E-state index contributed by atoms with van der Waals surface area (Å²) >= 11 is 0. The highest BCUT2D eigenvalue weighted by atomic mass is 16.1. The van der Waals surface area contributed by atoms with Crippen molar-refractivity contribution in [1.29, 1.82) is 5.26 Å². The number of hydrogen-bond acceptors (Lipinski definition) is 2. The van der Waals surface area contributed by atoms with E-state index in [9.17, 15) is 4.79 Å². The maximum Gasteiger partial charge on any atom is 0.165 e. The topological polar surface area (TPSA) is 40.9 Å². The summed E-state index contributed by atoms with van der Waals surface area (Å²) in [6, 6.07) is 2.01. The minimum atomic E-state index is 0.202. The molecule has 13 heavy (non-hydrogen) atoms. The molecule has 68 valence electrons. The summed E-state index contributed by atoms with van der Waals surface area (Å²) in [5.41, 5.74) is 0.701. The van der Waals surface area contributed by atoms with Crippen molar-refractivity contribution < 1.29 is 4.79 Å². The number of ketones is 1. The van der Waals surface area contributed by atoms with Gasteiger partial charge in [0, 0.05) is 11.5 Å². The molecule has 0 saturated heterocycles. The van der Waals surface area contributed by atoms with Gasteiger partial charge in [0.1, 0.15) is 0 Å². The van der Waals surface area contributed by atoms with Crippen LogP contribution in [0.25, 0.3) is 0 Å². The lowest BCUT2D eigenvalue weighted by atomic mass is 10.1. The number of carbonyl (C=O) groups is 1. The Kier molecular flexibility index (Phi) is 3.45. The van der Waals surface area contributed by atoms with Gasteiger partial charge in [0.05, 0.1) is 12.5 Å². The Hall–Kier alpha value is -1.36. The first-order valence-corrected chi connectivity index (χ1v) is 4.53. The van der Waals surface area contributed by atoms with Crippen LogP contribution >= 0.6 is 0 Å². The fourth-order valence-corrected chi connectivity index (χ4v) is 1.17. The average molecular weight is 175 g/mol. The van der Waals surface area contributed by atoms with Gasteiger partial charge in [-0.1, -0.05) is 18.2 Å². The van der Waals surface area contributed by atoms with Crippen molar-refractivity contribution in [1.82, 2.24) is 0 Å². The number of allylic oxidation sites excluding steroid dienone is 4. The van der Waals surface area contributed by atoms with Crippen molar-refractivity contribution in [2.24, 2.45) is 5.92 Å². The molecule has 1 aliphatic rings. The molecule has 0 amide bonds. The molecule has 0 aromatic rings. The monoisotopic (exact) mass is 175 g/mol. The fourth-order valence-electron chi connectivity index (χ4n) is 1.17. The van der Waals surface area contributed by atoms with Gasteiger partial charge in [-0.2, -0.15) is 5.26 Å². The van der Waals surface area contributed by atoms with Crippen molar-refractivity contribution in [3.63, 3.8) is 0 Å². The van der Waals surface area contributed by atoms with Gasteiger partial charge < -0.3 is 0 Å². The smallest absolute Gasteiger partial charge is 0.165 e. The Morgan fingerprint density at radius 2 is 2.31 bits per heavy atom. The van der Waals surface area contributed by atoms with Crippen molar-refractivity contribution in [2.75, 3.05) is 0 Å². The Labute approximate surface area is 78.6 Å². The lowest BCUT2D eigenvalue weighted by Crippen LogP contribution is -2.02. The zero-order chi connectivity index (χ0) is 9.68. The van der Waals surface area contributed by atoms with E-state index in [4.69, 9.17) is 5.26 Å². The molecular formula is C11H13NO. The van der Waals surface area contributed by atoms with Gasteiger partial charge in [-0.3, -0.25) is 4.79 Å². The lowest BCUT2D eigenvalue weighted by Gasteiger charge is -1.97. The minimum absolute atomic E-state index is 0.202. The van der Waals surface area contributed by atoms with Crippen LogP contribution in [0, 0.1) is 17.2 Å². The Balaban J connectivity index is 2.66. The summed E-state index contributed by atoms with van der Waals surface area (Å²) in [7, 11) is 0. The molecule has 0 radical (unpaired) electrons. The highest BCUT2D eigenvalue weighted by molar-refractivity contribution is 6.00. The first-order valence-electron chi connectivity index (χ1n) is 4.53. The van der Waals surface area contributed by atoms with Crippen molar-refractivity contribution in [3.05, 3.63) is 23.8 Å². The molecule has 1 fully saturated rings. The molecule has 0 spiro atoms. The highest BCUT2D eigenvalue weighted by Gasteiger charge is 2.30. The number of rotatable bonds is 4. The van der Waals surface area contributed by atoms with E-state index < -0.39 is 0 Å². The van der Waals surface area contributed by atoms with Gasteiger partial charge in [-0.05, 0) is 19.8 Å². The SMILES string of the molecule is C/C=C\C(=C/CC#N)C(=O)C1CC1. The first-order chi connectivity index (χ1) is 6.29. The Morgan fingerprint density at radius 1 is 1.62 bits per heavy atom. The van der Waals surface area contributed by atoms with Crippen LogP contribution in [0.5, 0.6) is 0 Å². The Morgan fingerprint density at radius 3 is 2.77 bits per heavy atom. The number of hydrogen-bond donors (Lipinski definition) is 0. The molecule has 1 aliphatic carbocycles. The van der Waals surface area contributed by atoms with E-state index in [2.05, 4.69) is 0 Å². The molecule has 0 heterocycles. The Bertz CT molecular complexity index is 290. The molecular weight excluding hydrogens is 162 g/mol. The quantitative estimate of drug-likeness (QED) is 0.486. The number of nitrogens with zero attached hydrogens (tertiary/aromatic N) is 1. The van der Waals surface area contributed by atoms with Crippen LogP contribution in [0.15, 0.2) is 23.8 Å². The predicted molar refractivity (Wildman–Crippen MR) is 50.9 cm³/mol. The summed E-state index contributed by atoms with van der Waals surface area (Å²) in [5, 5.41) is 8.39. The maximum absolute atomic E-state index is 11.6. The van der Waals surface area contributed by atoms with Crippen molar-refractivity contribution >= 4 is 5.78 Å². The maximum atomic E-state index is 11.6. The van der Waals surface area contributed by atoms with Crippen LogP contribution < -0.4 is 0 Å². The molecule has 0 N–H and O–H groups in total. The molecule has 2 heteroatoms. The van der Waals surface area contributed by atoms with Gasteiger partial charge in [0.15, 0.2) is 5.78 Å². The van der Waals surface area contributed by atoms with E-state index in [0.29, 0.717) is 12.0 Å². The van der Waals surface area contributed by atoms with Crippen LogP contribution in [-0.2, 0) is 4.79 Å². The van der Waals surface area contributed by atoms with Crippen molar-refractivity contribution in [2.45, 2.75) is 26.2 Å². The third-order valence-electron chi connectivity index (χ3n) is 1.99. The van der Waals surface area contributed by atoms with E-state index in [1.165, 1.54) is 0 Å². The first kappa shape index (κ1) is 9.73. The molecule has 1 saturated carbocycles. The summed E-state index contributed by atoms with van der Waals surface area (Å²) in [5.74, 6) is 0.439. The second-order valence-electron chi connectivity index (χ2n) is 3.16. The number of carbonyl (C=O) groups excluding carboxylic acids is 1. The molecule has 1 rings (SSSR count). The van der Waals surface area contributed by atoms with Crippen LogP contribution in [0.1, 0.15) is 26.2 Å². The zero-order valence-electron chi connectivity index (χ0n) is 7.79. The molecule has 0 aromatic carbocycles. The summed E-state index contributed by atoms with van der Waals surface area (Å²) in [6.45, 7) is 1.88. The van der Waals surface area contributed by atoms with E-state index in [-0.39, 0.29) is 11.7 Å². The molecule has 0 unspecified atom stereocenters. The summed E-state index contributed by atoms with van der Waals surface area (Å²) in [6.07, 6.45) is 7.68. The third kappa shape index (κ3) is 2.87. The standard InChI is InChI=1S/C11H13NO/c1-2-4-9(5-3-8-12)11(13)10-6-7-10/h2,4-5,10H,3,6-7H2,1H3/b4-2-,9-5+. The minimum Gasteiger partial charge on any atom is -0.294 e. The normalized spacial score (nSPS) is 17.4. The second-order valence-corrected chi connectivity index (χ2v) is 3.16. The highest BCUT2D eigenvalue weighted by Crippen LogP contribution is 2.32. The van der Waals surface area contributed by atoms with Crippen LogP contribution in [0.2, 0.25) is 0 Å². The third-order valence-corrected chi connectivity index (χ3v) is 1.99. The largest absolute Gasteiger partial charge is 0.294 e. The van der Waals surface area contributed by atoms with Crippen molar-refractivity contribution in [3.8, 4) is 6.07 Å². The van der Waals surface area contributed by atoms with Gasteiger partial charge in [-0.15, -0.1) is 0 Å². The molecule has 0 bridgehead atoms. The van der Waals surface area contributed by atoms with Crippen LogP contribution in [0.4, 0.5) is 0 Å². The zero-order valence-corrected chi connectivity index (χ0v) is 7.79. The second kappa shape index (κ2) is 4.61. The number of Topliss-reactive ketones (excluding diaryl/α,β-unsaturated/α-hetero) is 1. The van der Waals surface area contributed by atoms with Gasteiger partial charge in [0.25, 0.3) is 0 Å².